The largest absolute Gasteiger partial charge is 0.494 e. The molecule has 2 heterocycles. The summed E-state index contributed by atoms with van der Waals surface area (Å²) in [4.78, 5) is 20.1. The third kappa shape index (κ3) is 4.06. The molecule has 0 bridgehead atoms. The van der Waals surface area contributed by atoms with Gasteiger partial charge in [-0.1, -0.05) is 31.5 Å². The zero-order chi connectivity index (χ0) is 19.5. The van der Waals surface area contributed by atoms with Gasteiger partial charge in [0.1, 0.15) is 11.3 Å². The fraction of sp³-hybridized carbons (Fsp3) is 0.500. The summed E-state index contributed by atoms with van der Waals surface area (Å²) in [5.74, 6) is 1.67. The Morgan fingerprint density at radius 2 is 2.18 bits per heavy atom. The number of benzene rings is 1. The molecule has 28 heavy (non-hydrogen) atoms. The van der Waals surface area contributed by atoms with Gasteiger partial charge in [-0.15, -0.1) is 10.2 Å². The van der Waals surface area contributed by atoms with Crippen molar-refractivity contribution in [3.63, 3.8) is 0 Å². The van der Waals surface area contributed by atoms with E-state index in [4.69, 9.17) is 4.74 Å². The number of nitrogens with zero attached hydrogens (tertiary/aromatic N) is 3. The van der Waals surface area contributed by atoms with Gasteiger partial charge in [-0.2, -0.15) is 0 Å². The number of carbonyl (C=O) groups is 1. The van der Waals surface area contributed by atoms with Gasteiger partial charge in [0.05, 0.1) is 12.4 Å². The fourth-order valence-electron chi connectivity index (χ4n) is 3.76. The summed E-state index contributed by atoms with van der Waals surface area (Å²) in [6, 6.07) is 6.10. The normalized spacial score (nSPS) is 19.8. The molecule has 0 spiro atoms. The van der Waals surface area contributed by atoms with E-state index in [0.29, 0.717) is 34.6 Å². The Kier molecular flexibility index (Phi) is 5.66. The lowest BCUT2D eigenvalue weighted by molar-refractivity contribution is -0.119. The molecule has 148 valence electrons. The lowest BCUT2D eigenvalue weighted by Gasteiger charge is -2.29. The smallest absolute Gasteiger partial charge is 0.230 e. The van der Waals surface area contributed by atoms with Gasteiger partial charge in [-0.25, -0.2) is 4.98 Å². The number of nitrogens with one attached hydrogen (secondary N) is 2. The quantitative estimate of drug-likeness (QED) is 0.614. The van der Waals surface area contributed by atoms with Crippen LogP contribution < -0.4 is 10.1 Å². The summed E-state index contributed by atoms with van der Waals surface area (Å²) in [5, 5.41) is 13.1. The number of ether oxygens (including phenoxy) is 1. The van der Waals surface area contributed by atoms with Gasteiger partial charge in [0.2, 0.25) is 11.1 Å². The Labute approximate surface area is 168 Å². The summed E-state index contributed by atoms with van der Waals surface area (Å²) in [6.45, 7) is 4.78. The number of thioether (sulfide) groups is 1. The van der Waals surface area contributed by atoms with Crippen LogP contribution in [0.25, 0.3) is 22.1 Å². The molecule has 4 rings (SSSR count). The van der Waals surface area contributed by atoms with Crippen molar-refractivity contribution in [1.29, 1.82) is 0 Å². The van der Waals surface area contributed by atoms with E-state index in [9.17, 15) is 4.79 Å². The van der Waals surface area contributed by atoms with Crippen molar-refractivity contribution in [2.45, 2.75) is 50.7 Å². The van der Waals surface area contributed by atoms with E-state index in [1.165, 1.54) is 31.0 Å². The SMILES string of the molecule is CCOc1ccc2[nH]c3nc(SCC(=O)N[C@@H]4CCCC[C@H]4C)nnc3c2c1. The van der Waals surface area contributed by atoms with Gasteiger partial charge in [-0.3, -0.25) is 4.79 Å². The second kappa shape index (κ2) is 8.34. The molecule has 0 saturated heterocycles. The van der Waals surface area contributed by atoms with Crippen molar-refractivity contribution in [3.05, 3.63) is 18.2 Å². The minimum atomic E-state index is 0.0328. The lowest BCUT2D eigenvalue weighted by atomic mass is 9.86. The van der Waals surface area contributed by atoms with E-state index in [1.54, 1.807) is 0 Å². The first-order valence-electron chi connectivity index (χ1n) is 9.85. The van der Waals surface area contributed by atoms with Crippen LogP contribution in [0.1, 0.15) is 39.5 Å². The average molecular weight is 400 g/mol. The highest BCUT2D eigenvalue weighted by Crippen LogP contribution is 2.27. The Balaban J connectivity index is 1.44. The van der Waals surface area contributed by atoms with E-state index in [2.05, 4.69) is 32.4 Å². The molecule has 3 aromatic rings. The Bertz CT molecular complexity index is 989. The van der Waals surface area contributed by atoms with E-state index in [0.717, 1.165) is 23.1 Å². The molecule has 1 aliphatic rings. The van der Waals surface area contributed by atoms with E-state index < -0.39 is 0 Å². The molecule has 2 atom stereocenters. The molecule has 1 aliphatic carbocycles. The van der Waals surface area contributed by atoms with Crippen LogP contribution in [0.4, 0.5) is 0 Å². The van der Waals surface area contributed by atoms with Gasteiger partial charge in [-0.05, 0) is 43.9 Å². The van der Waals surface area contributed by atoms with Crippen molar-refractivity contribution in [2.75, 3.05) is 12.4 Å². The summed E-state index contributed by atoms with van der Waals surface area (Å²) >= 11 is 1.31. The molecule has 0 unspecified atom stereocenters. The van der Waals surface area contributed by atoms with Crippen LogP contribution in [0, 0.1) is 5.92 Å². The predicted molar refractivity (Wildman–Crippen MR) is 111 cm³/mol. The molecular weight excluding hydrogens is 374 g/mol. The van der Waals surface area contributed by atoms with Gasteiger partial charge in [0.15, 0.2) is 5.65 Å². The highest BCUT2D eigenvalue weighted by Gasteiger charge is 2.23. The second-order valence-electron chi connectivity index (χ2n) is 7.28. The van der Waals surface area contributed by atoms with Gasteiger partial charge >= 0.3 is 0 Å². The zero-order valence-corrected chi connectivity index (χ0v) is 17.0. The standard InChI is InChI=1S/C20H25N5O2S/c1-3-27-13-8-9-16-14(10-13)18-19(22-16)23-20(25-24-18)28-11-17(26)21-15-7-5-4-6-12(15)2/h8-10,12,15H,3-7,11H2,1-2H3,(H,21,26)(H,22,23,25)/t12-,15-/m1/s1. The summed E-state index contributed by atoms with van der Waals surface area (Å²) in [6.07, 6.45) is 4.71. The van der Waals surface area contributed by atoms with Crippen LogP contribution in [0.3, 0.4) is 0 Å². The molecular formula is C20H25N5O2S. The number of carbonyl (C=O) groups excluding carboxylic acids is 1. The number of aromatic amines is 1. The molecule has 1 saturated carbocycles. The molecule has 7 nitrogen and oxygen atoms in total. The number of aromatic nitrogens is 4. The number of hydrogen-bond acceptors (Lipinski definition) is 6. The van der Waals surface area contributed by atoms with Crippen molar-refractivity contribution in [1.82, 2.24) is 25.5 Å². The third-order valence-corrected chi connectivity index (χ3v) is 6.11. The van der Waals surface area contributed by atoms with Gasteiger partial charge in [0, 0.05) is 16.9 Å². The van der Waals surface area contributed by atoms with Crippen LogP contribution in [0.5, 0.6) is 5.75 Å². The first-order chi connectivity index (χ1) is 13.6. The number of hydrogen-bond donors (Lipinski definition) is 2. The molecule has 2 aromatic heterocycles. The molecule has 2 N–H and O–H groups in total. The Morgan fingerprint density at radius 3 is 3.00 bits per heavy atom. The van der Waals surface area contributed by atoms with Crippen LogP contribution in [0.15, 0.2) is 23.4 Å². The van der Waals surface area contributed by atoms with Gasteiger partial charge in [0.25, 0.3) is 0 Å². The van der Waals surface area contributed by atoms with E-state index in [-0.39, 0.29) is 11.9 Å². The maximum Gasteiger partial charge on any atom is 0.230 e. The van der Waals surface area contributed by atoms with Gasteiger partial charge < -0.3 is 15.0 Å². The van der Waals surface area contributed by atoms with Crippen LogP contribution >= 0.6 is 11.8 Å². The number of H-pyrrole nitrogens is 1. The predicted octanol–water partition coefficient (Wildman–Crippen LogP) is 3.69. The fourth-order valence-corrected chi connectivity index (χ4v) is 4.36. The minimum absolute atomic E-state index is 0.0328. The van der Waals surface area contributed by atoms with Crippen LogP contribution in [-0.2, 0) is 4.79 Å². The maximum atomic E-state index is 12.3. The van der Waals surface area contributed by atoms with Crippen molar-refractivity contribution >= 4 is 39.7 Å². The zero-order valence-electron chi connectivity index (χ0n) is 16.2. The Morgan fingerprint density at radius 1 is 1.32 bits per heavy atom. The van der Waals surface area contributed by atoms with Crippen molar-refractivity contribution in [3.8, 4) is 5.75 Å². The average Bonchev–Trinajstić information content (AvgIpc) is 3.05. The summed E-state index contributed by atoms with van der Waals surface area (Å²) < 4.78 is 5.56. The Hall–Kier alpha value is -2.35. The highest BCUT2D eigenvalue weighted by atomic mass is 32.2. The summed E-state index contributed by atoms with van der Waals surface area (Å²) in [7, 11) is 0. The maximum absolute atomic E-state index is 12.3. The van der Waals surface area contributed by atoms with Crippen LogP contribution in [-0.4, -0.2) is 44.5 Å². The topological polar surface area (TPSA) is 92.8 Å². The monoisotopic (exact) mass is 399 g/mol. The molecule has 8 heteroatoms. The molecule has 1 fully saturated rings. The van der Waals surface area contributed by atoms with Crippen molar-refractivity contribution in [2.24, 2.45) is 5.92 Å². The van der Waals surface area contributed by atoms with Crippen LogP contribution in [0.2, 0.25) is 0 Å². The highest BCUT2D eigenvalue weighted by molar-refractivity contribution is 7.99. The number of fused-ring (bicyclic) bond motifs is 3. The molecule has 1 aromatic carbocycles. The first kappa shape index (κ1) is 19.0. The molecule has 1 amide bonds. The van der Waals surface area contributed by atoms with Crippen molar-refractivity contribution < 1.29 is 9.53 Å². The summed E-state index contributed by atoms with van der Waals surface area (Å²) in [5.41, 5.74) is 2.32. The number of rotatable bonds is 6. The minimum Gasteiger partial charge on any atom is -0.494 e. The van der Waals surface area contributed by atoms with E-state index in [1.807, 2.05) is 25.1 Å². The number of amides is 1. The second-order valence-corrected chi connectivity index (χ2v) is 8.22. The lowest BCUT2D eigenvalue weighted by Crippen LogP contribution is -2.41. The third-order valence-electron chi connectivity index (χ3n) is 5.27. The first-order valence-corrected chi connectivity index (χ1v) is 10.8. The van der Waals surface area contributed by atoms with E-state index >= 15 is 0 Å². The molecule has 0 aliphatic heterocycles. The molecule has 0 radical (unpaired) electrons.